The molecule has 0 aliphatic carbocycles. The SMILES string of the molecule is O=S(=O)(O)O.[AlH3].[CaH2]. The summed E-state index contributed by atoms with van der Waals surface area (Å²) in [4.78, 5) is 0. The first-order valence-corrected chi connectivity index (χ1v) is 2.10. The van der Waals surface area contributed by atoms with Gasteiger partial charge in [-0.3, -0.25) is 9.11 Å². The van der Waals surface area contributed by atoms with Crippen LogP contribution in [0.25, 0.3) is 0 Å². The minimum absolute atomic E-state index is 0. The quantitative estimate of drug-likeness (QED) is 0.305. The van der Waals surface area contributed by atoms with Crippen molar-refractivity contribution >= 4 is 65.5 Å². The van der Waals surface area contributed by atoms with Crippen LogP contribution in [0.1, 0.15) is 0 Å². The van der Waals surface area contributed by atoms with E-state index >= 15 is 0 Å². The summed E-state index contributed by atoms with van der Waals surface area (Å²) in [5.41, 5.74) is 0. The third-order valence-electron chi connectivity index (χ3n) is 0. The summed E-state index contributed by atoms with van der Waals surface area (Å²) in [5.74, 6) is 0. The summed E-state index contributed by atoms with van der Waals surface area (Å²) in [5, 5.41) is 0. The van der Waals surface area contributed by atoms with Gasteiger partial charge in [0.05, 0.1) is 0 Å². The second-order valence-electron chi connectivity index (χ2n) is 0.448. The van der Waals surface area contributed by atoms with Gasteiger partial charge in [0, 0.05) is 0 Å². The first-order chi connectivity index (χ1) is 2.00. The van der Waals surface area contributed by atoms with E-state index in [0.29, 0.717) is 0 Å². The summed E-state index contributed by atoms with van der Waals surface area (Å²) in [6.45, 7) is 0. The van der Waals surface area contributed by atoms with E-state index in [1.165, 1.54) is 0 Å². The molecule has 0 aliphatic heterocycles. The molecule has 7 heavy (non-hydrogen) atoms. The molecule has 7 heteroatoms. The Labute approximate surface area is 82.0 Å². The van der Waals surface area contributed by atoms with Crippen molar-refractivity contribution in [3.8, 4) is 0 Å². The van der Waals surface area contributed by atoms with E-state index < -0.39 is 10.4 Å². The molecular weight excluding hydrogens is 163 g/mol. The van der Waals surface area contributed by atoms with Crippen LogP contribution in [-0.2, 0) is 10.4 Å². The zero-order valence-electron chi connectivity index (χ0n) is 2.12. The van der Waals surface area contributed by atoms with Crippen molar-refractivity contribution in [3.05, 3.63) is 0 Å². The van der Waals surface area contributed by atoms with Crippen molar-refractivity contribution in [3.63, 3.8) is 0 Å². The molecule has 0 atom stereocenters. The molecule has 0 amide bonds. The number of hydrogen-bond donors (Lipinski definition) is 2. The van der Waals surface area contributed by atoms with Gasteiger partial charge >= 0.3 is 48.1 Å². The zero-order valence-corrected chi connectivity index (χ0v) is 2.94. The maximum absolute atomic E-state index is 8.74. The molecular formula is H7AlCaO4S. The second-order valence-corrected chi connectivity index (χ2v) is 1.34. The summed E-state index contributed by atoms with van der Waals surface area (Å²) in [6.07, 6.45) is 0. The summed E-state index contributed by atoms with van der Waals surface area (Å²) in [7, 11) is -4.67. The third-order valence-corrected chi connectivity index (χ3v) is 0. The van der Waals surface area contributed by atoms with Crippen molar-refractivity contribution in [2.75, 3.05) is 0 Å². The van der Waals surface area contributed by atoms with Gasteiger partial charge in [0.2, 0.25) is 0 Å². The Balaban J connectivity index is -0.0000000800. The third kappa shape index (κ3) is 88.9. The van der Waals surface area contributed by atoms with Crippen LogP contribution in [0.4, 0.5) is 0 Å². The number of hydrogen-bond acceptors (Lipinski definition) is 2. The standard InChI is InChI=1S/Al.Ca.H2O4S.5H/c;;1-5(2,3)4;;;;;/h;;(H2,1,2,3,4);;;;;. The van der Waals surface area contributed by atoms with Crippen LogP contribution >= 0.6 is 0 Å². The van der Waals surface area contributed by atoms with Gasteiger partial charge in [0.25, 0.3) is 0 Å². The molecule has 0 unspecified atom stereocenters. The fourth-order valence-corrected chi connectivity index (χ4v) is 0. The van der Waals surface area contributed by atoms with Gasteiger partial charge in [-0.05, 0) is 0 Å². The molecule has 0 bridgehead atoms. The first kappa shape index (κ1) is 15.9. The van der Waals surface area contributed by atoms with Gasteiger partial charge in [-0.2, -0.15) is 8.42 Å². The van der Waals surface area contributed by atoms with Gasteiger partial charge in [-0.15, -0.1) is 0 Å². The Kier molecular flexibility index (Phi) is 13.1. The molecule has 42 valence electrons. The molecule has 0 rings (SSSR count). The topological polar surface area (TPSA) is 74.6 Å². The molecule has 4 nitrogen and oxygen atoms in total. The summed E-state index contributed by atoms with van der Waals surface area (Å²) >= 11 is 0. The number of rotatable bonds is 0. The van der Waals surface area contributed by atoms with Crippen LogP contribution in [0.3, 0.4) is 0 Å². The molecule has 0 aromatic heterocycles. The summed E-state index contributed by atoms with van der Waals surface area (Å²) in [6, 6.07) is 0. The predicted octanol–water partition coefficient (Wildman–Crippen LogP) is -2.75. The molecule has 0 aliphatic rings. The Bertz CT molecular complexity index is 94.9. The van der Waals surface area contributed by atoms with Crippen molar-refractivity contribution < 1.29 is 17.5 Å². The van der Waals surface area contributed by atoms with E-state index in [-0.39, 0.29) is 55.1 Å². The Morgan fingerprint density at radius 1 is 1.14 bits per heavy atom. The van der Waals surface area contributed by atoms with Crippen LogP contribution in [0.2, 0.25) is 0 Å². The van der Waals surface area contributed by atoms with Crippen molar-refractivity contribution in [2.45, 2.75) is 0 Å². The molecule has 0 saturated heterocycles. The molecule has 0 spiro atoms. The molecule has 0 aromatic rings. The Morgan fingerprint density at radius 3 is 1.14 bits per heavy atom. The van der Waals surface area contributed by atoms with E-state index in [2.05, 4.69) is 0 Å². The van der Waals surface area contributed by atoms with Gasteiger partial charge in [0.15, 0.2) is 17.4 Å². The van der Waals surface area contributed by atoms with Gasteiger partial charge in [-0.1, -0.05) is 0 Å². The fourth-order valence-electron chi connectivity index (χ4n) is 0. The minimum atomic E-state index is -4.67. The van der Waals surface area contributed by atoms with E-state index in [1.54, 1.807) is 0 Å². The Morgan fingerprint density at radius 2 is 1.14 bits per heavy atom. The zero-order chi connectivity index (χ0) is 4.50. The second kappa shape index (κ2) is 5.79. The van der Waals surface area contributed by atoms with E-state index in [0.717, 1.165) is 0 Å². The average Bonchev–Trinajstić information content (AvgIpc) is 0.722. The van der Waals surface area contributed by atoms with Crippen molar-refractivity contribution in [1.29, 1.82) is 0 Å². The molecule has 0 saturated carbocycles. The molecule has 2 N–H and O–H groups in total. The summed E-state index contributed by atoms with van der Waals surface area (Å²) < 4.78 is 31.6. The van der Waals surface area contributed by atoms with Crippen LogP contribution in [0.15, 0.2) is 0 Å². The molecule has 0 fully saturated rings. The van der Waals surface area contributed by atoms with Gasteiger partial charge in [0.1, 0.15) is 0 Å². The van der Waals surface area contributed by atoms with Crippen molar-refractivity contribution in [2.24, 2.45) is 0 Å². The molecule has 0 heterocycles. The predicted molar refractivity (Wildman–Crippen MR) is 32.7 cm³/mol. The van der Waals surface area contributed by atoms with E-state index in [9.17, 15) is 0 Å². The fraction of sp³-hybridized carbons (Fsp3) is 0. The molecule has 0 aromatic carbocycles. The van der Waals surface area contributed by atoms with E-state index in [4.69, 9.17) is 17.5 Å². The monoisotopic (exact) mass is 170 g/mol. The van der Waals surface area contributed by atoms with Crippen LogP contribution in [0, 0.1) is 0 Å². The average molecular weight is 170 g/mol. The van der Waals surface area contributed by atoms with Gasteiger partial charge < -0.3 is 0 Å². The van der Waals surface area contributed by atoms with Crippen LogP contribution < -0.4 is 0 Å². The van der Waals surface area contributed by atoms with Crippen LogP contribution in [-0.4, -0.2) is 72.6 Å². The Hall–Kier alpha value is 1.66. The maximum atomic E-state index is 8.74. The first-order valence-electron chi connectivity index (χ1n) is 0.698. The van der Waals surface area contributed by atoms with E-state index in [1.807, 2.05) is 0 Å². The van der Waals surface area contributed by atoms with Gasteiger partial charge in [-0.25, -0.2) is 0 Å². The van der Waals surface area contributed by atoms with Crippen LogP contribution in [0.5, 0.6) is 0 Å². The molecule has 0 radical (unpaired) electrons. The van der Waals surface area contributed by atoms with Crippen molar-refractivity contribution in [1.82, 2.24) is 0 Å². The normalized spacial score (nSPS) is 8.29.